The Kier molecular flexibility index (Phi) is 3.59. The number of aryl methyl sites for hydroxylation is 3. The number of benzene rings is 1. The Bertz CT molecular complexity index is 854. The molecule has 0 fully saturated rings. The van der Waals surface area contributed by atoms with Crippen LogP contribution in [0.15, 0.2) is 24.7 Å². The van der Waals surface area contributed by atoms with Gasteiger partial charge < -0.3 is 4.74 Å². The molecule has 0 saturated carbocycles. The van der Waals surface area contributed by atoms with Crippen molar-refractivity contribution < 1.29 is 4.74 Å². The standard InChI is InChI=1S/C18H22N4O/c1-11-16(12(2)20-10-19-11)13-7-8-15(23-18(3,4)5)14-9-21-22(6)17(13)14/h7-10H,1-6H3. The first-order valence-corrected chi connectivity index (χ1v) is 7.70. The van der Waals surface area contributed by atoms with Crippen LogP contribution in [0.4, 0.5) is 0 Å². The molecule has 0 amide bonds. The first-order valence-electron chi connectivity index (χ1n) is 7.70. The van der Waals surface area contributed by atoms with Gasteiger partial charge in [0.1, 0.15) is 17.7 Å². The molecule has 0 radical (unpaired) electrons. The predicted octanol–water partition coefficient (Wildman–Crippen LogP) is 3.82. The highest BCUT2D eigenvalue weighted by molar-refractivity contribution is 5.98. The third-order valence-corrected chi connectivity index (χ3v) is 3.77. The Morgan fingerprint density at radius 1 is 1.04 bits per heavy atom. The molecule has 1 aromatic carbocycles. The molecule has 23 heavy (non-hydrogen) atoms. The first-order chi connectivity index (χ1) is 10.8. The van der Waals surface area contributed by atoms with Gasteiger partial charge in [0.05, 0.1) is 17.1 Å². The largest absolute Gasteiger partial charge is 0.487 e. The van der Waals surface area contributed by atoms with Gasteiger partial charge in [-0.05, 0) is 46.8 Å². The highest BCUT2D eigenvalue weighted by Gasteiger charge is 2.19. The molecule has 0 aliphatic carbocycles. The van der Waals surface area contributed by atoms with Crippen LogP contribution in [-0.4, -0.2) is 25.3 Å². The number of hydrogen-bond donors (Lipinski definition) is 0. The molecule has 0 saturated heterocycles. The average Bonchev–Trinajstić information content (AvgIpc) is 2.82. The second-order valence-corrected chi connectivity index (χ2v) is 6.78. The van der Waals surface area contributed by atoms with Crippen molar-refractivity contribution in [1.82, 2.24) is 19.7 Å². The van der Waals surface area contributed by atoms with E-state index in [9.17, 15) is 0 Å². The van der Waals surface area contributed by atoms with Gasteiger partial charge in [-0.3, -0.25) is 4.68 Å². The van der Waals surface area contributed by atoms with E-state index in [1.807, 2.05) is 58.6 Å². The van der Waals surface area contributed by atoms with E-state index in [0.29, 0.717) is 0 Å². The van der Waals surface area contributed by atoms with Crippen LogP contribution in [0.1, 0.15) is 32.2 Å². The summed E-state index contributed by atoms with van der Waals surface area (Å²) in [6.07, 6.45) is 3.46. The van der Waals surface area contributed by atoms with Crippen LogP contribution in [-0.2, 0) is 7.05 Å². The molecule has 0 aliphatic heterocycles. The summed E-state index contributed by atoms with van der Waals surface area (Å²) in [5, 5.41) is 5.43. The third kappa shape index (κ3) is 2.79. The van der Waals surface area contributed by atoms with Crippen LogP contribution in [0.25, 0.3) is 22.0 Å². The lowest BCUT2D eigenvalue weighted by atomic mass is 9.99. The molecular weight excluding hydrogens is 288 g/mol. The summed E-state index contributed by atoms with van der Waals surface area (Å²) in [4.78, 5) is 8.69. The van der Waals surface area contributed by atoms with Gasteiger partial charge in [0.25, 0.3) is 0 Å². The average molecular weight is 310 g/mol. The molecule has 3 aromatic rings. The van der Waals surface area contributed by atoms with Crippen molar-refractivity contribution in [2.45, 2.75) is 40.2 Å². The van der Waals surface area contributed by atoms with E-state index in [2.05, 4.69) is 21.1 Å². The van der Waals surface area contributed by atoms with Gasteiger partial charge in [-0.25, -0.2) is 9.97 Å². The van der Waals surface area contributed by atoms with Crippen LogP contribution in [0.2, 0.25) is 0 Å². The van der Waals surface area contributed by atoms with Gasteiger partial charge in [0, 0.05) is 29.6 Å². The van der Waals surface area contributed by atoms with Crippen molar-refractivity contribution in [3.8, 4) is 16.9 Å². The highest BCUT2D eigenvalue weighted by atomic mass is 16.5. The van der Waals surface area contributed by atoms with Crippen LogP contribution >= 0.6 is 0 Å². The summed E-state index contributed by atoms with van der Waals surface area (Å²) >= 11 is 0. The van der Waals surface area contributed by atoms with Crippen LogP contribution in [0.5, 0.6) is 5.75 Å². The minimum absolute atomic E-state index is 0.258. The normalized spacial score (nSPS) is 11.9. The number of nitrogens with zero attached hydrogens (tertiary/aromatic N) is 4. The molecule has 0 unspecified atom stereocenters. The summed E-state index contributed by atoms with van der Waals surface area (Å²) in [5.41, 5.74) is 4.84. The molecule has 0 atom stereocenters. The van der Waals surface area contributed by atoms with Crippen molar-refractivity contribution >= 4 is 10.9 Å². The summed E-state index contributed by atoms with van der Waals surface area (Å²) in [6, 6.07) is 4.08. The number of fused-ring (bicyclic) bond motifs is 1. The number of hydrogen-bond acceptors (Lipinski definition) is 4. The van der Waals surface area contributed by atoms with E-state index < -0.39 is 0 Å². The summed E-state index contributed by atoms with van der Waals surface area (Å²) < 4.78 is 7.98. The zero-order chi connectivity index (χ0) is 16.8. The molecule has 2 aromatic heterocycles. The topological polar surface area (TPSA) is 52.8 Å². The Morgan fingerprint density at radius 2 is 1.70 bits per heavy atom. The Balaban J connectivity index is 2.29. The predicted molar refractivity (Wildman–Crippen MR) is 91.6 cm³/mol. The quantitative estimate of drug-likeness (QED) is 0.722. The van der Waals surface area contributed by atoms with Crippen LogP contribution in [0, 0.1) is 13.8 Å². The zero-order valence-electron chi connectivity index (χ0n) is 14.5. The number of rotatable bonds is 2. The van der Waals surface area contributed by atoms with Crippen molar-refractivity contribution in [3.63, 3.8) is 0 Å². The molecule has 5 heteroatoms. The molecule has 0 bridgehead atoms. The second kappa shape index (κ2) is 5.33. The fourth-order valence-electron chi connectivity index (χ4n) is 2.87. The summed E-state index contributed by atoms with van der Waals surface area (Å²) in [7, 11) is 1.95. The molecule has 0 N–H and O–H groups in total. The Labute approximate surface area is 136 Å². The highest BCUT2D eigenvalue weighted by Crippen LogP contribution is 2.37. The summed E-state index contributed by atoms with van der Waals surface area (Å²) in [6.45, 7) is 10.1. The molecular formula is C18H22N4O. The van der Waals surface area contributed by atoms with Gasteiger partial charge in [-0.2, -0.15) is 5.10 Å². The molecule has 120 valence electrons. The lowest BCUT2D eigenvalue weighted by Gasteiger charge is -2.22. The molecule has 3 rings (SSSR count). The van der Waals surface area contributed by atoms with Crippen molar-refractivity contribution in [1.29, 1.82) is 0 Å². The smallest absolute Gasteiger partial charge is 0.131 e. The van der Waals surface area contributed by atoms with Gasteiger partial charge in [0.2, 0.25) is 0 Å². The maximum absolute atomic E-state index is 6.10. The van der Waals surface area contributed by atoms with E-state index in [1.54, 1.807) is 6.33 Å². The maximum Gasteiger partial charge on any atom is 0.131 e. The lowest BCUT2D eigenvalue weighted by Crippen LogP contribution is -2.23. The number of aromatic nitrogens is 4. The first kappa shape index (κ1) is 15.5. The molecule has 0 aliphatic rings. The minimum Gasteiger partial charge on any atom is -0.487 e. The SMILES string of the molecule is Cc1ncnc(C)c1-c1ccc(OC(C)(C)C)c2cnn(C)c12. The van der Waals surface area contributed by atoms with Gasteiger partial charge >= 0.3 is 0 Å². The molecule has 5 nitrogen and oxygen atoms in total. The molecule has 2 heterocycles. The Hall–Kier alpha value is -2.43. The van der Waals surface area contributed by atoms with Gasteiger partial charge in [0.15, 0.2) is 0 Å². The van der Waals surface area contributed by atoms with E-state index in [4.69, 9.17) is 4.74 Å². The lowest BCUT2D eigenvalue weighted by molar-refractivity contribution is 0.133. The molecule has 0 spiro atoms. The minimum atomic E-state index is -0.258. The van der Waals surface area contributed by atoms with Crippen molar-refractivity contribution in [3.05, 3.63) is 36.0 Å². The van der Waals surface area contributed by atoms with Crippen LogP contribution in [0.3, 0.4) is 0 Å². The van der Waals surface area contributed by atoms with Crippen molar-refractivity contribution in [2.75, 3.05) is 0 Å². The monoisotopic (exact) mass is 310 g/mol. The maximum atomic E-state index is 6.10. The van der Waals surface area contributed by atoms with E-state index in [0.717, 1.165) is 39.2 Å². The zero-order valence-corrected chi connectivity index (χ0v) is 14.5. The Morgan fingerprint density at radius 3 is 2.30 bits per heavy atom. The van der Waals surface area contributed by atoms with Gasteiger partial charge in [-0.15, -0.1) is 0 Å². The third-order valence-electron chi connectivity index (χ3n) is 3.77. The fraction of sp³-hybridized carbons (Fsp3) is 0.389. The van der Waals surface area contributed by atoms with Crippen molar-refractivity contribution in [2.24, 2.45) is 7.05 Å². The van der Waals surface area contributed by atoms with E-state index in [1.165, 1.54) is 0 Å². The number of ether oxygens (including phenoxy) is 1. The van der Waals surface area contributed by atoms with E-state index in [-0.39, 0.29) is 5.60 Å². The second-order valence-electron chi connectivity index (χ2n) is 6.78. The summed E-state index contributed by atoms with van der Waals surface area (Å²) in [5.74, 6) is 0.844. The van der Waals surface area contributed by atoms with Gasteiger partial charge in [-0.1, -0.05) is 0 Å². The van der Waals surface area contributed by atoms with E-state index >= 15 is 0 Å². The van der Waals surface area contributed by atoms with Crippen LogP contribution < -0.4 is 4.74 Å². The fourth-order valence-corrected chi connectivity index (χ4v) is 2.87.